The van der Waals surface area contributed by atoms with E-state index in [-0.39, 0.29) is 0 Å². The predicted molar refractivity (Wildman–Crippen MR) is 78.0 cm³/mol. The van der Waals surface area contributed by atoms with Gasteiger partial charge in [-0.25, -0.2) is 9.97 Å². The third-order valence-electron chi connectivity index (χ3n) is 3.23. The molecule has 1 aromatic carbocycles. The molecule has 0 amide bonds. The van der Waals surface area contributed by atoms with E-state index in [1.807, 2.05) is 25.2 Å². The summed E-state index contributed by atoms with van der Waals surface area (Å²) in [6.07, 6.45) is 2.34. The molecule has 0 saturated heterocycles. The smallest absolute Gasteiger partial charge is 0.136 e. The topological polar surface area (TPSA) is 73.6 Å². The minimum Gasteiger partial charge on any atom is -0.373 e. The molecule has 1 aromatic heterocycles. The second-order valence-electron chi connectivity index (χ2n) is 4.84. The number of nitrogens with one attached hydrogen (secondary N) is 2. The van der Waals surface area contributed by atoms with Gasteiger partial charge in [0.2, 0.25) is 0 Å². The molecule has 0 atom stereocenters. The number of nitrogens with zero attached hydrogens (tertiary/aromatic N) is 3. The molecule has 1 fully saturated rings. The summed E-state index contributed by atoms with van der Waals surface area (Å²) in [7, 11) is 1.85. The number of hydrogen-bond acceptors (Lipinski definition) is 5. The molecule has 3 rings (SSSR count). The van der Waals surface area contributed by atoms with Gasteiger partial charge < -0.3 is 10.6 Å². The highest BCUT2D eigenvalue weighted by Crippen LogP contribution is 2.39. The average molecular weight is 265 g/mol. The van der Waals surface area contributed by atoms with Crippen LogP contribution in [0.1, 0.15) is 30.1 Å². The first kappa shape index (κ1) is 12.4. The first-order chi connectivity index (χ1) is 9.78. The van der Waals surface area contributed by atoms with E-state index >= 15 is 0 Å². The van der Waals surface area contributed by atoms with Crippen LogP contribution in [-0.2, 0) is 0 Å². The highest BCUT2D eigenvalue weighted by molar-refractivity contribution is 5.60. The quantitative estimate of drug-likeness (QED) is 0.889. The lowest BCUT2D eigenvalue weighted by molar-refractivity contribution is 0.932. The summed E-state index contributed by atoms with van der Waals surface area (Å²) in [5, 5.41) is 15.1. The van der Waals surface area contributed by atoms with Crippen LogP contribution < -0.4 is 10.6 Å². The molecule has 20 heavy (non-hydrogen) atoms. The van der Waals surface area contributed by atoms with Crippen molar-refractivity contribution in [2.75, 3.05) is 17.7 Å². The van der Waals surface area contributed by atoms with Gasteiger partial charge in [-0.15, -0.1) is 0 Å². The van der Waals surface area contributed by atoms with Crippen molar-refractivity contribution in [3.63, 3.8) is 0 Å². The Labute approximate surface area is 117 Å². The van der Waals surface area contributed by atoms with Crippen molar-refractivity contribution in [3.8, 4) is 6.07 Å². The Bertz CT molecular complexity index is 653. The van der Waals surface area contributed by atoms with E-state index < -0.39 is 0 Å². The highest BCUT2D eigenvalue weighted by atomic mass is 15.1. The van der Waals surface area contributed by atoms with Crippen LogP contribution in [0.2, 0.25) is 0 Å². The third-order valence-corrected chi connectivity index (χ3v) is 3.23. The molecule has 1 heterocycles. The lowest BCUT2D eigenvalue weighted by Gasteiger charge is -2.09. The van der Waals surface area contributed by atoms with Gasteiger partial charge in [-0.2, -0.15) is 5.26 Å². The van der Waals surface area contributed by atoms with E-state index in [2.05, 4.69) is 26.7 Å². The van der Waals surface area contributed by atoms with Gasteiger partial charge in [0, 0.05) is 24.7 Å². The summed E-state index contributed by atoms with van der Waals surface area (Å²) in [6.45, 7) is 0. The minimum absolute atomic E-state index is 0.504. The SMILES string of the molecule is CNc1cc(Nc2ccc(C#N)cc2)nc(C2CC2)n1. The van der Waals surface area contributed by atoms with Crippen LogP contribution in [0, 0.1) is 11.3 Å². The van der Waals surface area contributed by atoms with Crippen LogP contribution in [-0.4, -0.2) is 17.0 Å². The maximum absolute atomic E-state index is 8.79. The molecule has 1 aliphatic rings. The summed E-state index contributed by atoms with van der Waals surface area (Å²) in [5.41, 5.74) is 1.55. The summed E-state index contributed by atoms with van der Waals surface area (Å²) < 4.78 is 0. The Morgan fingerprint density at radius 3 is 2.45 bits per heavy atom. The summed E-state index contributed by atoms with van der Waals surface area (Å²) >= 11 is 0. The number of rotatable bonds is 4. The van der Waals surface area contributed by atoms with Crippen LogP contribution in [0.25, 0.3) is 0 Å². The van der Waals surface area contributed by atoms with E-state index in [1.54, 1.807) is 12.1 Å². The molecule has 5 nitrogen and oxygen atoms in total. The number of anilines is 3. The van der Waals surface area contributed by atoms with Crippen molar-refractivity contribution in [3.05, 3.63) is 41.7 Å². The molecule has 0 radical (unpaired) electrons. The first-order valence-corrected chi connectivity index (χ1v) is 6.62. The molecule has 2 N–H and O–H groups in total. The Morgan fingerprint density at radius 1 is 1.15 bits per heavy atom. The Kier molecular flexibility index (Phi) is 3.21. The monoisotopic (exact) mass is 265 g/mol. The fraction of sp³-hybridized carbons (Fsp3) is 0.267. The number of benzene rings is 1. The van der Waals surface area contributed by atoms with Gasteiger partial charge in [0.25, 0.3) is 0 Å². The van der Waals surface area contributed by atoms with Gasteiger partial charge >= 0.3 is 0 Å². The molecule has 0 bridgehead atoms. The molecular formula is C15H15N5. The van der Waals surface area contributed by atoms with Crippen molar-refractivity contribution >= 4 is 17.3 Å². The lowest BCUT2D eigenvalue weighted by atomic mass is 10.2. The summed E-state index contributed by atoms with van der Waals surface area (Å²) in [5.74, 6) is 2.99. The summed E-state index contributed by atoms with van der Waals surface area (Å²) in [6, 6.07) is 11.3. The zero-order valence-corrected chi connectivity index (χ0v) is 11.2. The average Bonchev–Trinajstić information content (AvgIpc) is 3.32. The molecule has 0 unspecified atom stereocenters. The summed E-state index contributed by atoms with van der Waals surface area (Å²) in [4.78, 5) is 9.03. The van der Waals surface area contributed by atoms with Gasteiger partial charge in [0.15, 0.2) is 0 Å². The van der Waals surface area contributed by atoms with Crippen molar-refractivity contribution in [2.24, 2.45) is 0 Å². The van der Waals surface area contributed by atoms with Gasteiger partial charge in [-0.05, 0) is 37.1 Å². The van der Waals surface area contributed by atoms with Gasteiger partial charge in [0.1, 0.15) is 17.5 Å². The van der Waals surface area contributed by atoms with Crippen molar-refractivity contribution < 1.29 is 0 Å². The van der Waals surface area contributed by atoms with Crippen LogP contribution in [0.3, 0.4) is 0 Å². The second-order valence-corrected chi connectivity index (χ2v) is 4.84. The first-order valence-electron chi connectivity index (χ1n) is 6.62. The lowest BCUT2D eigenvalue weighted by Crippen LogP contribution is -2.03. The maximum atomic E-state index is 8.79. The van der Waals surface area contributed by atoms with E-state index in [0.29, 0.717) is 11.5 Å². The van der Waals surface area contributed by atoms with Crippen LogP contribution >= 0.6 is 0 Å². The van der Waals surface area contributed by atoms with Gasteiger partial charge in [-0.1, -0.05) is 0 Å². The predicted octanol–water partition coefficient (Wildman–Crippen LogP) is 3.01. The van der Waals surface area contributed by atoms with Crippen LogP contribution in [0.4, 0.5) is 17.3 Å². The van der Waals surface area contributed by atoms with Gasteiger partial charge in [0.05, 0.1) is 11.6 Å². The molecule has 0 spiro atoms. The number of hydrogen-bond donors (Lipinski definition) is 2. The Balaban J connectivity index is 1.85. The Hall–Kier alpha value is -2.61. The van der Waals surface area contributed by atoms with Crippen molar-refractivity contribution in [1.29, 1.82) is 5.26 Å². The molecule has 100 valence electrons. The largest absolute Gasteiger partial charge is 0.373 e. The zero-order valence-electron chi connectivity index (χ0n) is 11.2. The minimum atomic E-state index is 0.504. The van der Waals surface area contributed by atoms with E-state index in [9.17, 15) is 0 Å². The molecule has 5 heteroatoms. The molecule has 0 aliphatic heterocycles. The Morgan fingerprint density at radius 2 is 1.85 bits per heavy atom. The normalized spacial score (nSPS) is 13.6. The van der Waals surface area contributed by atoms with Crippen LogP contribution in [0.15, 0.2) is 30.3 Å². The maximum Gasteiger partial charge on any atom is 0.136 e. The van der Waals surface area contributed by atoms with Gasteiger partial charge in [-0.3, -0.25) is 0 Å². The zero-order chi connectivity index (χ0) is 13.9. The molecule has 1 saturated carbocycles. The van der Waals surface area contributed by atoms with E-state index in [4.69, 9.17) is 5.26 Å². The van der Waals surface area contributed by atoms with Crippen molar-refractivity contribution in [1.82, 2.24) is 9.97 Å². The van der Waals surface area contributed by atoms with E-state index in [1.165, 1.54) is 12.8 Å². The van der Waals surface area contributed by atoms with Crippen LogP contribution in [0.5, 0.6) is 0 Å². The standard InChI is InChI=1S/C15H15N5/c1-17-13-8-14(20-15(19-13)11-4-5-11)18-12-6-2-10(9-16)3-7-12/h2-3,6-8,11H,4-5H2,1H3,(H2,17,18,19,20). The highest BCUT2D eigenvalue weighted by Gasteiger charge is 2.27. The van der Waals surface area contributed by atoms with Crippen molar-refractivity contribution in [2.45, 2.75) is 18.8 Å². The fourth-order valence-corrected chi connectivity index (χ4v) is 1.96. The van der Waals surface area contributed by atoms with E-state index in [0.717, 1.165) is 23.1 Å². The fourth-order valence-electron chi connectivity index (χ4n) is 1.96. The molecular weight excluding hydrogens is 250 g/mol. The number of nitriles is 1. The molecule has 2 aromatic rings. The molecule has 1 aliphatic carbocycles. The third kappa shape index (κ3) is 2.69. The second kappa shape index (κ2) is 5.17. The number of aromatic nitrogens is 2.